The highest BCUT2D eigenvalue weighted by Gasteiger charge is 2.18. The van der Waals surface area contributed by atoms with Gasteiger partial charge in [-0.15, -0.1) is 0 Å². The van der Waals surface area contributed by atoms with Gasteiger partial charge in [0.1, 0.15) is 0 Å². The molecular weight excluding hydrogens is 372 g/mol. The molecule has 0 aliphatic rings. The Kier molecular flexibility index (Phi) is 5.11. The van der Waals surface area contributed by atoms with Crippen molar-refractivity contribution in [2.75, 3.05) is 27.2 Å². The summed E-state index contributed by atoms with van der Waals surface area (Å²) in [4.78, 5) is 40.8. The van der Waals surface area contributed by atoms with E-state index in [1.54, 1.807) is 6.07 Å². The van der Waals surface area contributed by atoms with Crippen LogP contribution in [-0.4, -0.2) is 47.9 Å². The SMILES string of the molecule is CN(C)CCNC(=O)c1ccc(Cl)c2c(=O)c3cc([N+](=O)[O-])ccc3[nH]c12. The Bertz CT molecular complexity index is 1120. The quantitative estimate of drug-likeness (QED) is 0.396. The third-order valence-electron chi connectivity index (χ3n) is 4.19. The molecule has 0 unspecified atom stereocenters. The third kappa shape index (κ3) is 3.62. The van der Waals surface area contributed by atoms with Crippen molar-refractivity contribution in [1.29, 1.82) is 0 Å². The molecule has 0 radical (unpaired) electrons. The summed E-state index contributed by atoms with van der Waals surface area (Å²) in [5.41, 5.74) is 0.320. The number of nitro benzene ring substituents is 1. The lowest BCUT2D eigenvalue weighted by Gasteiger charge is -2.12. The summed E-state index contributed by atoms with van der Waals surface area (Å²) in [6, 6.07) is 6.97. The number of fused-ring (bicyclic) bond motifs is 2. The fraction of sp³-hybridized carbons (Fsp3) is 0.222. The van der Waals surface area contributed by atoms with Gasteiger partial charge >= 0.3 is 0 Å². The number of hydrogen-bond donors (Lipinski definition) is 2. The summed E-state index contributed by atoms with van der Waals surface area (Å²) in [6.07, 6.45) is 0. The van der Waals surface area contributed by atoms with Gasteiger partial charge in [-0.3, -0.25) is 19.7 Å². The lowest BCUT2D eigenvalue weighted by molar-refractivity contribution is -0.384. The minimum absolute atomic E-state index is 0.130. The molecule has 27 heavy (non-hydrogen) atoms. The number of H-pyrrole nitrogens is 1. The maximum Gasteiger partial charge on any atom is 0.270 e. The van der Waals surface area contributed by atoms with Gasteiger partial charge in [0.15, 0.2) is 5.43 Å². The molecule has 1 aromatic heterocycles. The highest BCUT2D eigenvalue weighted by Crippen LogP contribution is 2.26. The average Bonchev–Trinajstić information content (AvgIpc) is 2.61. The number of aromatic amines is 1. The first kappa shape index (κ1) is 18.8. The number of nitrogens with one attached hydrogen (secondary N) is 2. The molecule has 0 atom stereocenters. The number of carbonyl (C=O) groups is 1. The lowest BCUT2D eigenvalue weighted by atomic mass is 10.1. The Morgan fingerprint density at radius 2 is 2.04 bits per heavy atom. The van der Waals surface area contributed by atoms with Crippen molar-refractivity contribution in [2.24, 2.45) is 0 Å². The number of carbonyl (C=O) groups excluding carboxylic acids is 1. The van der Waals surface area contributed by atoms with E-state index < -0.39 is 10.4 Å². The number of pyridine rings is 1. The molecule has 0 fully saturated rings. The van der Waals surface area contributed by atoms with E-state index in [-0.39, 0.29) is 33.0 Å². The number of benzene rings is 2. The summed E-state index contributed by atoms with van der Waals surface area (Å²) in [6.45, 7) is 1.11. The highest BCUT2D eigenvalue weighted by molar-refractivity contribution is 6.36. The number of nitro groups is 1. The molecule has 0 aliphatic carbocycles. The monoisotopic (exact) mass is 388 g/mol. The number of halogens is 1. The predicted octanol–water partition coefficient (Wildman–Crippen LogP) is 2.53. The zero-order valence-electron chi connectivity index (χ0n) is 14.7. The van der Waals surface area contributed by atoms with E-state index in [9.17, 15) is 19.7 Å². The van der Waals surface area contributed by atoms with Crippen LogP contribution in [0.15, 0.2) is 35.1 Å². The van der Waals surface area contributed by atoms with Crippen molar-refractivity contribution in [1.82, 2.24) is 15.2 Å². The lowest BCUT2D eigenvalue weighted by Crippen LogP contribution is -2.31. The molecule has 140 valence electrons. The largest absolute Gasteiger partial charge is 0.354 e. The van der Waals surface area contributed by atoms with Crippen LogP contribution in [-0.2, 0) is 0 Å². The summed E-state index contributed by atoms with van der Waals surface area (Å²) < 4.78 is 0. The van der Waals surface area contributed by atoms with Crippen LogP contribution < -0.4 is 10.7 Å². The number of hydrogen-bond acceptors (Lipinski definition) is 5. The Morgan fingerprint density at radius 3 is 2.70 bits per heavy atom. The molecule has 9 heteroatoms. The Hall–Kier alpha value is -2.97. The average molecular weight is 389 g/mol. The number of non-ortho nitro benzene ring substituents is 1. The van der Waals surface area contributed by atoms with Crippen LogP contribution in [0.4, 0.5) is 5.69 Å². The summed E-state index contributed by atoms with van der Waals surface area (Å²) in [5, 5.41) is 14.2. The van der Waals surface area contributed by atoms with Crippen molar-refractivity contribution in [3.63, 3.8) is 0 Å². The van der Waals surface area contributed by atoms with Crippen LogP contribution in [0.3, 0.4) is 0 Å². The van der Waals surface area contributed by atoms with E-state index in [2.05, 4.69) is 10.3 Å². The third-order valence-corrected chi connectivity index (χ3v) is 4.50. The van der Waals surface area contributed by atoms with Gasteiger partial charge in [0.05, 0.1) is 37.3 Å². The number of nitrogens with zero attached hydrogens (tertiary/aromatic N) is 2. The second kappa shape index (κ2) is 7.34. The number of amides is 1. The molecule has 1 heterocycles. The van der Waals surface area contributed by atoms with Crippen molar-refractivity contribution >= 4 is 45.0 Å². The molecule has 8 nitrogen and oxygen atoms in total. The normalized spacial score (nSPS) is 11.3. The molecule has 0 saturated carbocycles. The number of aromatic nitrogens is 1. The zero-order chi connectivity index (χ0) is 19.7. The van der Waals surface area contributed by atoms with Crippen LogP contribution >= 0.6 is 11.6 Å². The molecule has 0 aliphatic heterocycles. The Balaban J connectivity index is 2.18. The van der Waals surface area contributed by atoms with Gasteiger partial charge in [-0.2, -0.15) is 0 Å². The number of likely N-dealkylation sites (N-methyl/N-ethyl adjacent to an activating group) is 1. The molecule has 3 aromatic rings. The second-order valence-electron chi connectivity index (χ2n) is 6.35. The second-order valence-corrected chi connectivity index (χ2v) is 6.75. The van der Waals surface area contributed by atoms with Gasteiger partial charge in [0.2, 0.25) is 0 Å². The van der Waals surface area contributed by atoms with E-state index in [1.807, 2.05) is 19.0 Å². The van der Waals surface area contributed by atoms with Crippen LogP contribution in [0.1, 0.15) is 10.4 Å². The van der Waals surface area contributed by atoms with E-state index in [0.717, 1.165) is 0 Å². The van der Waals surface area contributed by atoms with Gasteiger partial charge in [0.25, 0.3) is 11.6 Å². The van der Waals surface area contributed by atoms with Crippen molar-refractivity contribution in [3.8, 4) is 0 Å². The van der Waals surface area contributed by atoms with Crippen molar-refractivity contribution in [2.45, 2.75) is 0 Å². The standard InChI is InChI=1S/C18H17ClN4O4/c1-22(2)8-7-20-18(25)11-4-5-13(19)15-16(11)21-14-6-3-10(23(26)27)9-12(14)17(15)24/h3-6,9H,7-8H2,1-2H3,(H,20,25)(H,21,24). The van der Waals surface area contributed by atoms with E-state index in [1.165, 1.54) is 24.3 Å². The fourth-order valence-corrected chi connectivity index (χ4v) is 3.06. The van der Waals surface area contributed by atoms with Crippen molar-refractivity contribution < 1.29 is 9.72 Å². The van der Waals surface area contributed by atoms with E-state index >= 15 is 0 Å². The smallest absolute Gasteiger partial charge is 0.270 e. The number of rotatable bonds is 5. The highest BCUT2D eigenvalue weighted by atomic mass is 35.5. The van der Waals surface area contributed by atoms with Crippen LogP contribution in [0, 0.1) is 10.1 Å². The molecule has 0 bridgehead atoms. The van der Waals surface area contributed by atoms with Gasteiger partial charge in [-0.25, -0.2) is 0 Å². The Morgan fingerprint density at radius 1 is 1.30 bits per heavy atom. The topological polar surface area (TPSA) is 108 Å². The van der Waals surface area contributed by atoms with Gasteiger partial charge in [0, 0.05) is 25.2 Å². The van der Waals surface area contributed by atoms with Crippen LogP contribution in [0.5, 0.6) is 0 Å². The maximum atomic E-state index is 12.9. The molecule has 2 aromatic carbocycles. The van der Waals surface area contributed by atoms with Gasteiger partial charge in [-0.05, 0) is 32.3 Å². The van der Waals surface area contributed by atoms with E-state index in [4.69, 9.17) is 11.6 Å². The van der Waals surface area contributed by atoms with E-state index in [0.29, 0.717) is 24.1 Å². The summed E-state index contributed by atoms with van der Waals surface area (Å²) >= 11 is 6.20. The summed E-state index contributed by atoms with van der Waals surface area (Å²) in [7, 11) is 3.79. The molecule has 3 rings (SSSR count). The van der Waals surface area contributed by atoms with Crippen LogP contribution in [0.25, 0.3) is 21.8 Å². The maximum absolute atomic E-state index is 12.9. The summed E-state index contributed by atoms with van der Waals surface area (Å²) in [5.74, 6) is -0.338. The minimum Gasteiger partial charge on any atom is -0.354 e. The zero-order valence-corrected chi connectivity index (χ0v) is 15.5. The fourth-order valence-electron chi connectivity index (χ4n) is 2.82. The van der Waals surface area contributed by atoms with Gasteiger partial charge < -0.3 is 15.2 Å². The first-order valence-electron chi connectivity index (χ1n) is 8.15. The Labute approximate surface area is 158 Å². The van der Waals surface area contributed by atoms with Crippen molar-refractivity contribution in [3.05, 3.63) is 61.3 Å². The molecule has 2 N–H and O–H groups in total. The first-order valence-corrected chi connectivity index (χ1v) is 8.53. The molecule has 0 saturated heterocycles. The molecule has 1 amide bonds. The first-order chi connectivity index (χ1) is 12.8. The molecule has 0 spiro atoms. The minimum atomic E-state index is -0.570. The molecular formula is C18H17ClN4O4. The predicted molar refractivity (Wildman–Crippen MR) is 105 cm³/mol. The van der Waals surface area contributed by atoms with Crippen LogP contribution in [0.2, 0.25) is 5.02 Å². The van der Waals surface area contributed by atoms with Gasteiger partial charge in [-0.1, -0.05) is 11.6 Å².